The molecule has 1 aromatic heterocycles. The average Bonchev–Trinajstić information content (AvgIpc) is 2.63. The highest BCUT2D eigenvalue weighted by Crippen LogP contribution is 2.14. The Bertz CT molecular complexity index is 299. The smallest absolute Gasteiger partial charge is 0.252 e. The van der Waals surface area contributed by atoms with Crippen LogP contribution >= 0.6 is 0 Å². The molecule has 1 atom stereocenters. The first-order chi connectivity index (χ1) is 7.10. The number of hydrogen-bond donors (Lipinski definition) is 1. The van der Waals surface area contributed by atoms with Crippen LogP contribution in [0.2, 0.25) is 0 Å². The molecule has 0 aliphatic rings. The van der Waals surface area contributed by atoms with Gasteiger partial charge < -0.3 is 19.7 Å². The van der Waals surface area contributed by atoms with Gasteiger partial charge in [-0.3, -0.25) is 0 Å². The van der Waals surface area contributed by atoms with E-state index >= 15 is 0 Å². The molecule has 0 spiro atoms. The lowest BCUT2D eigenvalue weighted by atomic mass is 10.1. The van der Waals surface area contributed by atoms with Crippen molar-refractivity contribution >= 4 is 0 Å². The molecule has 1 aromatic rings. The number of ether oxygens (including phenoxy) is 2. The predicted molar refractivity (Wildman–Crippen MR) is 53.0 cm³/mol. The van der Waals surface area contributed by atoms with Gasteiger partial charge in [0.2, 0.25) is 0 Å². The molecule has 1 rings (SSSR count). The molecule has 0 aromatic carbocycles. The molecule has 6 heteroatoms. The summed E-state index contributed by atoms with van der Waals surface area (Å²) < 4.78 is 15.1. The monoisotopic (exact) mass is 215 g/mol. The standard InChI is InChI=1S/C9H17N3O3/c1-4-14-5-7-11-8(12-15-7)9(2,10)6-13-3/h4-6,10H2,1-3H3. The number of rotatable bonds is 6. The van der Waals surface area contributed by atoms with E-state index in [4.69, 9.17) is 19.7 Å². The van der Waals surface area contributed by atoms with Crippen LogP contribution in [0.5, 0.6) is 0 Å². The summed E-state index contributed by atoms with van der Waals surface area (Å²) in [6.07, 6.45) is 0. The molecule has 86 valence electrons. The van der Waals surface area contributed by atoms with Crippen LogP contribution in [0.3, 0.4) is 0 Å². The zero-order valence-electron chi connectivity index (χ0n) is 9.32. The van der Waals surface area contributed by atoms with Crippen molar-refractivity contribution in [1.29, 1.82) is 0 Å². The highest BCUT2D eigenvalue weighted by atomic mass is 16.5. The van der Waals surface area contributed by atoms with Crippen molar-refractivity contribution in [3.8, 4) is 0 Å². The molecule has 0 saturated heterocycles. The lowest BCUT2D eigenvalue weighted by molar-refractivity contribution is 0.109. The first-order valence-electron chi connectivity index (χ1n) is 4.78. The lowest BCUT2D eigenvalue weighted by Crippen LogP contribution is -2.39. The molecule has 0 aliphatic heterocycles. The van der Waals surface area contributed by atoms with Crippen LogP contribution in [0.25, 0.3) is 0 Å². The molecule has 0 bridgehead atoms. The van der Waals surface area contributed by atoms with Gasteiger partial charge in [0.25, 0.3) is 5.89 Å². The van der Waals surface area contributed by atoms with Gasteiger partial charge in [0.05, 0.1) is 6.61 Å². The number of hydrogen-bond acceptors (Lipinski definition) is 6. The zero-order valence-corrected chi connectivity index (χ0v) is 9.32. The minimum atomic E-state index is -0.733. The van der Waals surface area contributed by atoms with E-state index in [1.807, 2.05) is 6.92 Å². The van der Waals surface area contributed by atoms with Gasteiger partial charge in [-0.1, -0.05) is 5.16 Å². The van der Waals surface area contributed by atoms with E-state index in [-0.39, 0.29) is 0 Å². The van der Waals surface area contributed by atoms with E-state index in [9.17, 15) is 0 Å². The second kappa shape index (κ2) is 5.20. The minimum absolute atomic E-state index is 0.312. The van der Waals surface area contributed by atoms with Gasteiger partial charge in [-0.25, -0.2) is 0 Å². The molecular weight excluding hydrogens is 198 g/mol. The van der Waals surface area contributed by atoms with E-state index in [0.29, 0.717) is 31.5 Å². The third-order valence-corrected chi connectivity index (χ3v) is 1.85. The molecule has 0 fully saturated rings. The van der Waals surface area contributed by atoms with Gasteiger partial charge in [0.15, 0.2) is 5.82 Å². The Balaban J connectivity index is 2.66. The second-order valence-electron chi connectivity index (χ2n) is 3.50. The molecule has 2 N–H and O–H groups in total. The molecule has 15 heavy (non-hydrogen) atoms. The van der Waals surface area contributed by atoms with Crippen molar-refractivity contribution in [3.63, 3.8) is 0 Å². The summed E-state index contributed by atoms with van der Waals surface area (Å²) in [6, 6.07) is 0. The fraction of sp³-hybridized carbons (Fsp3) is 0.778. The lowest BCUT2D eigenvalue weighted by Gasteiger charge is -2.18. The zero-order chi connectivity index (χ0) is 11.3. The average molecular weight is 215 g/mol. The Morgan fingerprint density at radius 1 is 1.53 bits per heavy atom. The van der Waals surface area contributed by atoms with Crippen LogP contribution < -0.4 is 5.73 Å². The third kappa shape index (κ3) is 3.26. The van der Waals surface area contributed by atoms with Crippen molar-refractivity contribution < 1.29 is 14.0 Å². The molecule has 6 nitrogen and oxygen atoms in total. The minimum Gasteiger partial charge on any atom is -0.382 e. The molecule has 1 unspecified atom stereocenters. The summed E-state index contributed by atoms with van der Waals surface area (Å²) in [5.41, 5.74) is 5.21. The van der Waals surface area contributed by atoms with Crippen LogP contribution in [-0.2, 0) is 21.6 Å². The molecule has 0 radical (unpaired) electrons. The largest absolute Gasteiger partial charge is 0.382 e. The van der Waals surface area contributed by atoms with Gasteiger partial charge in [-0.2, -0.15) is 4.98 Å². The maximum atomic E-state index is 5.94. The van der Waals surface area contributed by atoms with Crippen molar-refractivity contribution in [2.24, 2.45) is 5.73 Å². The van der Waals surface area contributed by atoms with Crippen LogP contribution in [0, 0.1) is 0 Å². The van der Waals surface area contributed by atoms with Crippen molar-refractivity contribution in [2.75, 3.05) is 20.3 Å². The van der Waals surface area contributed by atoms with E-state index in [1.54, 1.807) is 14.0 Å². The van der Waals surface area contributed by atoms with Gasteiger partial charge in [-0.05, 0) is 13.8 Å². The summed E-state index contributed by atoms with van der Waals surface area (Å²) >= 11 is 0. The van der Waals surface area contributed by atoms with E-state index in [0.717, 1.165) is 0 Å². The maximum absolute atomic E-state index is 5.94. The number of aromatic nitrogens is 2. The first kappa shape index (κ1) is 12.1. The summed E-state index contributed by atoms with van der Waals surface area (Å²) in [4.78, 5) is 4.13. The van der Waals surface area contributed by atoms with E-state index in [1.165, 1.54) is 0 Å². The maximum Gasteiger partial charge on any atom is 0.252 e. The summed E-state index contributed by atoms with van der Waals surface area (Å²) in [7, 11) is 1.58. The topological polar surface area (TPSA) is 83.4 Å². The predicted octanol–water partition coefficient (Wildman–Crippen LogP) is 0.426. The fourth-order valence-corrected chi connectivity index (χ4v) is 1.10. The van der Waals surface area contributed by atoms with E-state index < -0.39 is 5.54 Å². The Morgan fingerprint density at radius 3 is 2.87 bits per heavy atom. The molecule has 0 amide bonds. The fourth-order valence-electron chi connectivity index (χ4n) is 1.10. The van der Waals surface area contributed by atoms with E-state index in [2.05, 4.69) is 10.1 Å². The van der Waals surface area contributed by atoms with Crippen molar-refractivity contribution in [1.82, 2.24) is 10.1 Å². The summed E-state index contributed by atoms with van der Waals surface area (Å²) in [5.74, 6) is 0.860. The first-order valence-corrected chi connectivity index (χ1v) is 4.78. The second-order valence-corrected chi connectivity index (χ2v) is 3.50. The van der Waals surface area contributed by atoms with Crippen LogP contribution in [0.15, 0.2) is 4.52 Å². The normalized spacial score (nSPS) is 15.2. The van der Waals surface area contributed by atoms with Crippen molar-refractivity contribution in [2.45, 2.75) is 26.0 Å². The summed E-state index contributed by atoms with van der Waals surface area (Å²) in [5, 5.41) is 3.79. The Kier molecular flexibility index (Phi) is 4.19. The number of methoxy groups -OCH3 is 1. The summed E-state index contributed by atoms with van der Waals surface area (Å²) in [6.45, 7) is 4.93. The van der Waals surface area contributed by atoms with Crippen LogP contribution in [-0.4, -0.2) is 30.5 Å². The molecular formula is C9H17N3O3. The number of nitrogens with two attached hydrogens (primary N) is 1. The highest BCUT2D eigenvalue weighted by Gasteiger charge is 2.27. The van der Waals surface area contributed by atoms with Gasteiger partial charge in [-0.15, -0.1) is 0 Å². The Morgan fingerprint density at radius 2 is 2.27 bits per heavy atom. The third-order valence-electron chi connectivity index (χ3n) is 1.85. The molecule has 1 heterocycles. The molecule has 0 aliphatic carbocycles. The number of nitrogens with zero attached hydrogens (tertiary/aromatic N) is 2. The SMILES string of the molecule is CCOCc1nc(C(C)(N)COC)no1. The Hall–Kier alpha value is -0.980. The van der Waals surface area contributed by atoms with Crippen molar-refractivity contribution in [3.05, 3.63) is 11.7 Å². The Labute approximate surface area is 88.7 Å². The van der Waals surface area contributed by atoms with Gasteiger partial charge >= 0.3 is 0 Å². The highest BCUT2D eigenvalue weighted by molar-refractivity contribution is 5.01. The van der Waals surface area contributed by atoms with Gasteiger partial charge in [0.1, 0.15) is 12.1 Å². The van der Waals surface area contributed by atoms with Gasteiger partial charge in [0, 0.05) is 13.7 Å². The quantitative estimate of drug-likeness (QED) is 0.740. The van der Waals surface area contributed by atoms with Crippen LogP contribution in [0.4, 0.5) is 0 Å². The molecule has 0 saturated carbocycles. The van der Waals surface area contributed by atoms with Crippen LogP contribution in [0.1, 0.15) is 25.6 Å².